The molecule has 0 bridgehead atoms. The van der Waals surface area contributed by atoms with Crippen LogP contribution in [-0.2, 0) is 7.05 Å². The quantitative estimate of drug-likeness (QED) is 0.630. The lowest BCUT2D eigenvalue weighted by Gasteiger charge is -2.34. The number of hydrogen-bond acceptors (Lipinski definition) is 2. The van der Waals surface area contributed by atoms with E-state index in [0.717, 1.165) is 15.4 Å². The summed E-state index contributed by atoms with van der Waals surface area (Å²) < 4.78 is 2.89. The van der Waals surface area contributed by atoms with E-state index >= 15 is 0 Å². The molecule has 1 fully saturated rings. The van der Waals surface area contributed by atoms with Crippen molar-refractivity contribution in [3.63, 3.8) is 0 Å². The molecule has 1 aliphatic rings. The van der Waals surface area contributed by atoms with Gasteiger partial charge in [0, 0.05) is 54.2 Å². The van der Waals surface area contributed by atoms with Crippen LogP contribution in [0.25, 0.3) is 10.9 Å². The lowest BCUT2D eigenvalue weighted by molar-refractivity contribution is 0.0530. The molecule has 0 N–H and O–H groups in total. The Balaban J connectivity index is 1.45. The lowest BCUT2D eigenvalue weighted by atomic mass is 10.2. The van der Waals surface area contributed by atoms with Gasteiger partial charge in [0.1, 0.15) is 5.69 Å². The highest BCUT2D eigenvalue weighted by Gasteiger charge is 2.27. The van der Waals surface area contributed by atoms with Gasteiger partial charge in [-0.15, -0.1) is 0 Å². The summed E-state index contributed by atoms with van der Waals surface area (Å²) in [6, 6.07) is 17.3. The van der Waals surface area contributed by atoms with Crippen LogP contribution in [0.5, 0.6) is 0 Å². The average Bonchev–Trinajstić information content (AvgIpc) is 3.04. The highest BCUT2D eigenvalue weighted by atomic mass is 79.9. The minimum atomic E-state index is 0.0132. The van der Waals surface area contributed by atoms with Crippen molar-refractivity contribution in [1.29, 1.82) is 0 Å². The molecule has 1 aromatic heterocycles. The standard InChI is InChI=1S/C21H20BrN3O2/c1-23-18-5-3-2-4-16(18)14-19(23)21(27)25-12-10-24(11-13-25)20(26)15-6-8-17(22)9-7-15/h2-9,14H,10-13H2,1H3. The zero-order chi connectivity index (χ0) is 19.0. The second-order valence-electron chi connectivity index (χ2n) is 6.74. The second kappa shape index (κ2) is 7.19. The summed E-state index contributed by atoms with van der Waals surface area (Å²) in [5, 5.41) is 1.06. The van der Waals surface area contributed by atoms with Gasteiger partial charge in [0.05, 0.1) is 0 Å². The zero-order valence-electron chi connectivity index (χ0n) is 15.1. The summed E-state index contributed by atoms with van der Waals surface area (Å²) in [4.78, 5) is 29.2. The first kappa shape index (κ1) is 17.8. The number of benzene rings is 2. The molecule has 0 radical (unpaired) electrons. The van der Waals surface area contributed by atoms with Crippen molar-refractivity contribution >= 4 is 38.6 Å². The van der Waals surface area contributed by atoms with Crippen LogP contribution >= 0.6 is 15.9 Å². The van der Waals surface area contributed by atoms with E-state index in [4.69, 9.17) is 0 Å². The molecule has 6 heteroatoms. The van der Waals surface area contributed by atoms with E-state index in [2.05, 4.69) is 15.9 Å². The number of piperazine rings is 1. The van der Waals surface area contributed by atoms with Crippen LogP contribution in [0, 0.1) is 0 Å². The molecule has 2 amide bonds. The summed E-state index contributed by atoms with van der Waals surface area (Å²) in [5.74, 6) is 0.0312. The van der Waals surface area contributed by atoms with Gasteiger partial charge in [0.15, 0.2) is 0 Å². The zero-order valence-corrected chi connectivity index (χ0v) is 16.6. The fourth-order valence-electron chi connectivity index (χ4n) is 3.54. The third-order valence-corrected chi connectivity index (χ3v) is 5.64. The van der Waals surface area contributed by atoms with Crippen molar-refractivity contribution in [2.24, 2.45) is 7.05 Å². The Labute approximate surface area is 166 Å². The van der Waals surface area contributed by atoms with Crippen molar-refractivity contribution in [3.8, 4) is 0 Å². The normalized spacial score (nSPS) is 14.6. The smallest absolute Gasteiger partial charge is 0.270 e. The van der Waals surface area contributed by atoms with Crippen molar-refractivity contribution in [1.82, 2.24) is 14.4 Å². The predicted molar refractivity (Wildman–Crippen MR) is 109 cm³/mol. The Bertz CT molecular complexity index is 1000. The molecule has 27 heavy (non-hydrogen) atoms. The first-order chi connectivity index (χ1) is 13.0. The first-order valence-electron chi connectivity index (χ1n) is 8.93. The van der Waals surface area contributed by atoms with Gasteiger partial charge >= 0.3 is 0 Å². The van der Waals surface area contributed by atoms with E-state index < -0.39 is 0 Å². The number of carbonyl (C=O) groups excluding carboxylic acids is 2. The number of nitrogens with zero attached hydrogens (tertiary/aromatic N) is 3. The highest BCUT2D eigenvalue weighted by molar-refractivity contribution is 9.10. The lowest BCUT2D eigenvalue weighted by Crippen LogP contribution is -2.50. The number of aromatic nitrogens is 1. The minimum absolute atomic E-state index is 0.0132. The molecule has 0 spiro atoms. The number of para-hydroxylation sites is 1. The molecule has 3 aromatic rings. The monoisotopic (exact) mass is 425 g/mol. The topological polar surface area (TPSA) is 45.6 Å². The maximum absolute atomic E-state index is 13.0. The summed E-state index contributed by atoms with van der Waals surface area (Å²) >= 11 is 3.38. The molecule has 0 aliphatic carbocycles. The van der Waals surface area contributed by atoms with Crippen molar-refractivity contribution < 1.29 is 9.59 Å². The third-order valence-electron chi connectivity index (χ3n) is 5.12. The van der Waals surface area contributed by atoms with Crippen molar-refractivity contribution in [2.75, 3.05) is 26.2 Å². The number of fused-ring (bicyclic) bond motifs is 1. The van der Waals surface area contributed by atoms with E-state index in [1.54, 1.807) is 0 Å². The molecule has 0 unspecified atom stereocenters. The number of aryl methyl sites for hydroxylation is 1. The molecule has 4 rings (SSSR count). The fraction of sp³-hybridized carbons (Fsp3) is 0.238. The number of halogens is 1. The van der Waals surface area contributed by atoms with Crippen molar-refractivity contribution in [3.05, 3.63) is 70.3 Å². The Kier molecular flexibility index (Phi) is 4.74. The molecule has 1 aliphatic heterocycles. The van der Waals surface area contributed by atoms with Gasteiger partial charge in [-0.25, -0.2) is 0 Å². The Morgan fingerprint density at radius 3 is 2.07 bits per heavy atom. The summed E-state index contributed by atoms with van der Waals surface area (Å²) in [6.45, 7) is 2.18. The molecular weight excluding hydrogens is 406 g/mol. The average molecular weight is 426 g/mol. The van der Waals surface area contributed by atoms with E-state index in [9.17, 15) is 9.59 Å². The maximum Gasteiger partial charge on any atom is 0.270 e. The van der Waals surface area contributed by atoms with Gasteiger partial charge in [-0.05, 0) is 36.4 Å². The molecular formula is C21H20BrN3O2. The summed E-state index contributed by atoms with van der Waals surface area (Å²) in [6.07, 6.45) is 0. The van der Waals surface area contributed by atoms with Crippen LogP contribution < -0.4 is 0 Å². The maximum atomic E-state index is 13.0. The highest BCUT2D eigenvalue weighted by Crippen LogP contribution is 2.20. The van der Waals surface area contributed by atoms with Crippen LogP contribution in [0.2, 0.25) is 0 Å². The number of amides is 2. The van der Waals surface area contributed by atoms with E-state index in [-0.39, 0.29) is 11.8 Å². The van der Waals surface area contributed by atoms with Gasteiger partial charge in [-0.1, -0.05) is 34.1 Å². The van der Waals surface area contributed by atoms with Crippen LogP contribution in [0.15, 0.2) is 59.1 Å². The Morgan fingerprint density at radius 2 is 1.44 bits per heavy atom. The van der Waals surface area contributed by atoms with Crippen LogP contribution in [0.1, 0.15) is 20.8 Å². The SMILES string of the molecule is Cn1c(C(=O)N2CCN(C(=O)c3ccc(Br)cc3)CC2)cc2ccccc21. The molecule has 0 saturated carbocycles. The van der Waals surface area contributed by atoms with E-state index in [1.807, 2.05) is 76.0 Å². The number of carbonyl (C=O) groups is 2. The molecule has 138 valence electrons. The molecule has 2 heterocycles. The van der Waals surface area contributed by atoms with Gasteiger partial charge in [0.25, 0.3) is 11.8 Å². The van der Waals surface area contributed by atoms with E-state index in [1.165, 1.54) is 0 Å². The summed E-state index contributed by atoms with van der Waals surface area (Å²) in [7, 11) is 1.92. The third kappa shape index (κ3) is 3.37. The van der Waals surface area contributed by atoms with Gasteiger partial charge in [0.2, 0.25) is 0 Å². The van der Waals surface area contributed by atoms with Crippen LogP contribution in [-0.4, -0.2) is 52.4 Å². The van der Waals surface area contributed by atoms with Gasteiger partial charge in [-0.3, -0.25) is 9.59 Å². The van der Waals surface area contributed by atoms with Gasteiger partial charge in [-0.2, -0.15) is 0 Å². The Morgan fingerprint density at radius 1 is 0.852 bits per heavy atom. The van der Waals surface area contributed by atoms with Gasteiger partial charge < -0.3 is 14.4 Å². The fourth-order valence-corrected chi connectivity index (χ4v) is 3.81. The second-order valence-corrected chi connectivity index (χ2v) is 7.65. The first-order valence-corrected chi connectivity index (χ1v) is 9.72. The molecule has 2 aromatic carbocycles. The summed E-state index contributed by atoms with van der Waals surface area (Å²) in [5.41, 5.74) is 2.40. The van der Waals surface area contributed by atoms with Crippen LogP contribution in [0.4, 0.5) is 0 Å². The molecule has 1 saturated heterocycles. The van der Waals surface area contributed by atoms with Crippen LogP contribution in [0.3, 0.4) is 0 Å². The predicted octanol–water partition coefficient (Wildman–Crippen LogP) is 3.54. The van der Waals surface area contributed by atoms with Crippen molar-refractivity contribution in [2.45, 2.75) is 0 Å². The van der Waals surface area contributed by atoms with E-state index in [0.29, 0.717) is 37.4 Å². The largest absolute Gasteiger partial charge is 0.340 e. The Hall–Kier alpha value is -2.60. The molecule has 5 nitrogen and oxygen atoms in total. The minimum Gasteiger partial charge on any atom is -0.340 e. The molecule has 0 atom stereocenters. The number of rotatable bonds is 2. The number of hydrogen-bond donors (Lipinski definition) is 0.